The quantitative estimate of drug-likeness (QED) is 0.104. The molecule has 1 N–H and O–H groups in total. The van der Waals surface area contributed by atoms with Crippen LogP contribution in [-0.2, 0) is 0 Å². The van der Waals surface area contributed by atoms with Gasteiger partial charge in [0, 0.05) is 30.0 Å². The Morgan fingerprint density at radius 2 is 1.55 bits per heavy atom. The lowest BCUT2D eigenvalue weighted by Crippen LogP contribution is -2.50. The summed E-state index contributed by atoms with van der Waals surface area (Å²) in [5.74, 6) is 3.32. The number of aromatic nitrogens is 3. The molecule has 65 heavy (non-hydrogen) atoms. The van der Waals surface area contributed by atoms with Crippen molar-refractivity contribution in [1.29, 1.82) is 0 Å². The van der Waals surface area contributed by atoms with Crippen LogP contribution in [0.3, 0.4) is 0 Å². The van der Waals surface area contributed by atoms with Crippen molar-refractivity contribution in [1.82, 2.24) is 19.9 Å². The van der Waals surface area contributed by atoms with Crippen LogP contribution in [0.4, 0.5) is 19.0 Å². The molecule has 4 aliphatic rings. The number of alkyl halides is 1. The minimum atomic E-state index is -2.55. The Labute approximate surface area is 386 Å². The molecule has 8 rings (SSSR count). The molecule has 2 aromatic carbocycles. The number of pyridine rings is 1. The van der Waals surface area contributed by atoms with Crippen molar-refractivity contribution < 1.29 is 32.2 Å². The summed E-state index contributed by atoms with van der Waals surface area (Å²) in [7, 11) is -4.90. The van der Waals surface area contributed by atoms with Crippen LogP contribution in [-0.4, -0.2) is 98.1 Å². The zero-order valence-electron chi connectivity index (χ0n) is 40.6. The van der Waals surface area contributed by atoms with Gasteiger partial charge in [0.25, 0.3) is 8.32 Å². The van der Waals surface area contributed by atoms with Gasteiger partial charge in [0.2, 0.25) is 5.88 Å². The molecule has 3 fully saturated rings. The smallest absolute Gasteiger partial charge is 0.319 e. The highest BCUT2D eigenvalue weighted by atomic mass is 28.4. The molecule has 0 bridgehead atoms. The molecule has 0 spiro atoms. The number of rotatable bonds is 13. The van der Waals surface area contributed by atoms with Crippen LogP contribution in [0.1, 0.15) is 121 Å². The number of fused-ring (bicyclic) bond motifs is 2. The summed E-state index contributed by atoms with van der Waals surface area (Å²) in [6.45, 7) is 28.6. The maximum atomic E-state index is 18.3. The molecule has 0 amide bonds. The Morgan fingerprint density at radius 1 is 0.877 bits per heavy atom. The predicted molar refractivity (Wildman–Crippen MR) is 260 cm³/mol. The number of ether oxygens (including phenoxy) is 2. The number of nitrogens with zero attached hydrogens (tertiary/aromatic N) is 5. The number of aliphatic hydroxyl groups is 1. The highest BCUT2D eigenvalue weighted by Crippen LogP contribution is 2.48. The maximum Gasteiger partial charge on any atom is 0.319 e. The summed E-state index contributed by atoms with van der Waals surface area (Å²) in [6, 6.07) is 6.87. The topological polar surface area (TPSA) is 93.1 Å². The van der Waals surface area contributed by atoms with Gasteiger partial charge in [0.05, 0.1) is 23.8 Å². The predicted octanol–water partition coefficient (Wildman–Crippen LogP) is 11.9. The van der Waals surface area contributed by atoms with Crippen LogP contribution in [0.15, 0.2) is 24.3 Å². The van der Waals surface area contributed by atoms with Crippen LogP contribution in [0.5, 0.6) is 17.6 Å². The van der Waals surface area contributed by atoms with E-state index in [2.05, 4.69) is 99.4 Å². The zero-order chi connectivity index (χ0) is 46.9. The second-order valence-corrected chi connectivity index (χ2v) is 32.3. The van der Waals surface area contributed by atoms with Crippen molar-refractivity contribution in [2.45, 2.75) is 172 Å². The van der Waals surface area contributed by atoms with E-state index in [1.807, 2.05) is 17.0 Å². The summed E-state index contributed by atoms with van der Waals surface area (Å²) < 4.78 is 70.0. The Hall–Kier alpha value is -3.91. The van der Waals surface area contributed by atoms with Crippen molar-refractivity contribution in [2.24, 2.45) is 0 Å². The molecular formula is C51H70F3N5O4Si2. The lowest BCUT2D eigenvalue weighted by molar-refractivity contribution is 0.0721. The van der Waals surface area contributed by atoms with Gasteiger partial charge in [0.15, 0.2) is 5.82 Å². The molecule has 2 atom stereocenters. The third-order valence-corrected chi connectivity index (χ3v) is 28.2. The summed E-state index contributed by atoms with van der Waals surface area (Å²) in [5, 5.41) is 11.8. The van der Waals surface area contributed by atoms with Crippen molar-refractivity contribution in [3.05, 3.63) is 41.5 Å². The number of hydrogen-bond donors (Lipinski definition) is 1. The summed E-state index contributed by atoms with van der Waals surface area (Å²) in [5.41, 5.74) is 5.33. The highest BCUT2D eigenvalue weighted by Gasteiger charge is 2.50. The first kappa shape index (κ1) is 47.6. The second-order valence-electron chi connectivity index (χ2n) is 21.4. The molecule has 5 heterocycles. The third kappa shape index (κ3) is 8.11. The van der Waals surface area contributed by atoms with E-state index < -0.39 is 45.8 Å². The van der Waals surface area contributed by atoms with Gasteiger partial charge in [-0.05, 0) is 89.1 Å². The SMILES string of the molecule is CC(C)[Si](C#Cc1c(F)ccc2cc(O[Si](C(C)C)(C(C)C)C(C)C)cc(-c3nc4c5c(nc(OC[C@@]67CCCN6C[C@H](F)C7)nc5c3F)N(C3CC(O)C3)CCO4)c12)(C(C)C)C(C)C. The van der Waals surface area contributed by atoms with Crippen LogP contribution in [0.2, 0.25) is 33.2 Å². The number of halogens is 3. The molecule has 2 aromatic heterocycles. The average molecular weight is 930 g/mol. The third-order valence-electron chi connectivity index (χ3n) is 15.9. The maximum absolute atomic E-state index is 18.3. The van der Waals surface area contributed by atoms with Crippen LogP contribution in [0.25, 0.3) is 32.9 Å². The van der Waals surface area contributed by atoms with Gasteiger partial charge in [0.1, 0.15) is 61.4 Å². The molecule has 9 nitrogen and oxygen atoms in total. The van der Waals surface area contributed by atoms with Crippen molar-refractivity contribution in [3.8, 4) is 40.4 Å². The van der Waals surface area contributed by atoms with E-state index in [0.717, 1.165) is 19.4 Å². The summed E-state index contributed by atoms with van der Waals surface area (Å²) in [6.07, 6.45) is 1.74. The number of aliphatic hydroxyl groups excluding tert-OH is 1. The largest absolute Gasteiger partial charge is 0.543 e. The second kappa shape index (κ2) is 18.0. The van der Waals surface area contributed by atoms with Crippen molar-refractivity contribution >= 4 is 43.9 Å². The van der Waals surface area contributed by atoms with Gasteiger partial charge in [-0.1, -0.05) is 95.1 Å². The van der Waals surface area contributed by atoms with E-state index in [9.17, 15) is 9.50 Å². The fourth-order valence-corrected chi connectivity index (χ4v) is 23.2. The van der Waals surface area contributed by atoms with Crippen LogP contribution >= 0.6 is 0 Å². The molecule has 0 radical (unpaired) electrons. The van der Waals surface area contributed by atoms with Crippen molar-refractivity contribution in [3.63, 3.8) is 0 Å². The van der Waals surface area contributed by atoms with E-state index in [1.54, 1.807) is 6.07 Å². The highest BCUT2D eigenvalue weighted by molar-refractivity contribution is 6.90. The molecule has 0 unspecified atom stereocenters. The normalized spacial score (nSPS) is 22.6. The van der Waals surface area contributed by atoms with Crippen molar-refractivity contribution in [2.75, 3.05) is 37.7 Å². The van der Waals surface area contributed by atoms with Gasteiger partial charge < -0.3 is 23.9 Å². The van der Waals surface area contributed by atoms with Gasteiger partial charge in [-0.2, -0.15) is 9.97 Å². The lowest BCUT2D eigenvalue weighted by atomic mass is 9.88. The molecular weight excluding hydrogens is 860 g/mol. The Morgan fingerprint density at radius 3 is 2.18 bits per heavy atom. The Kier molecular flexibility index (Phi) is 13.1. The molecule has 14 heteroatoms. The van der Waals surface area contributed by atoms with E-state index in [1.165, 1.54) is 6.07 Å². The fourth-order valence-electron chi connectivity index (χ4n) is 12.8. The Balaban J connectivity index is 1.40. The van der Waals surface area contributed by atoms with Gasteiger partial charge in [-0.3, -0.25) is 4.90 Å². The van der Waals surface area contributed by atoms with E-state index >= 15 is 8.78 Å². The molecule has 1 saturated carbocycles. The molecule has 3 aliphatic heterocycles. The first-order valence-corrected chi connectivity index (χ1v) is 28.6. The van der Waals surface area contributed by atoms with Crippen LogP contribution < -0.4 is 18.8 Å². The summed E-state index contributed by atoms with van der Waals surface area (Å²) >= 11 is 0. The average Bonchev–Trinajstić information content (AvgIpc) is 3.69. The molecule has 1 aliphatic carbocycles. The molecule has 2 saturated heterocycles. The first-order valence-electron chi connectivity index (χ1n) is 24.2. The van der Waals surface area contributed by atoms with Gasteiger partial charge in [-0.15, -0.1) is 5.54 Å². The standard InChI is InChI=1S/C51H70F3N5O4Si2/c1-29(2)64(30(3)4,31(5)6)21-16-40-42(53)15-14-35-22-39(63-65(32(7)8,33(9)10)34(11)12)25-41(43(35)40)46-45(54)47-44-48(59(37-23-38(60)24-37)19-20-61-49(44)55-46)57-50(56-47)62-28-51-17-13-18-58(51)27-36(52)26-51/h14-15,22,25,29-34,36-38,60H,13,17-20,23-24,26-28H2,1-12H3/t36-,37?,38?,51+/m1/s1. The molecule has 4 aromatic rings. The number of anilines is 1. The van der Waals surface area contributed by atoms with E-state index in [-0.39, 0.29) is 64.5 Å². The van der Waals surface area contributed by atoms with Crippen LogP contribution in [0, 0.1) is 23.1 Å². The van der Waals surface area contributed by atoms with Gasteiger partial charge in [-0.25, -0.2) is 18.2 Å². The number of benzene rings is 2. The summed E-state index contributed by atoms with van der Waals surface area (Å²) in [4.78, 5) is 19.0. The van der Waals surface area contributed by atoms with E-state index in [4.69, 9.17) is 28.9 Å². The van der Waals surface area contributed by atoms with E-state index in [0.29, 0.717) is 82.3 Å². The minimum absolute atomic E-state index is 0.0247. The monoisotopic (exact) mass is 929 g/mol. The zero-order valence-corrected chi connectivity index (χ0v) is 42.6. The number of hydrogen-bond acceptors (Lipinski definition) is 9. The first-order chi connectivity index (χ1) is 30.7. The minimum Gasteiger partial charge on any atom is -0.543 e. The fraction of sp³-hybridized carbons (Fsp3) is 0.627. The Bertz CT molecular complexity index is 2460. The van der Waals surface area contributed by atoms with Gasteiger partial charge >= 0.3 is 6.01 Å². The lowest BCUT2D eigenvalue weighted by Gasteiger charge is -2.42. The molecule has 352 valence electrons.